The number of benzene rings is 1. The van der Waals surface area contributed by atoms with Gasteiger partial charge in [0.2, 0.25) is 5.78 Å². The molecule has 0 aromatic heterocycles. The molecule has 1 aliphatic heterocycles. The largest absolute Gasteiger partial charge is 0.305 e. The van der Waals surface area contributed by atoms with Crippen molar-refractivity contribution in [2.75, 3.05) is 7.05 Å². The lowest BCUT2D eigenvalue weighted by Gasteiger charge is -2.11. The Kier molecular flexibility index (Phi) is 2.28. The van der Waals surface area contributed by atoms with E-state index in [9.17, 15) is 9.59 Å². The maximum absolute atomic E-state index is 11.5. The molecule has 15 heavy (non-hydrogen) atoms. The quantitative estimate of drug-likeness (QED) is 0.681. The molecular formula is C11H12N2O2. The third-order valence-corrected chi connectivity index (χ3v) is 2.51. The highest BCUT2D eigenvalue weighted by atomic mass is 16.2. The summed E-state index contributed by atoms with van der Waals surface area (Å²) in [7, 11) is 1.55. The Bertz CT molecular complexity index is 411. The minimum Gasteiger partial charge on any atom is -0.286 e. The predicted octanol–water partition coefficient (Wildman–Crippen LogP) is 0.582. The Balaban J connectivity index is 2.29. The SMILES string of the molecule is Cc1ccc(C2NN(C)C(=O)C2=O)cc1. The van der Waals surface area contributed by atoms with Crippen molar-refractivity contribution in [3.8, 4) is 0 Å². The van der Waals surface area contributed by atoms with E-state index in [0.29, 0.717) is 0 Å². The zero-order valence-electron chi connectivity index (χ0n) is 8.65. The molecule has 4 heteroatoms. The Morgan fingerprint density at radius 2 is 1.80 bits per heavy atom. The van der Waals surface area contributed by atoms with Crippen molar-refractivity contribution in [3.05, 3.63) is 35.4 Å². The molecule has 2 rings (SSSR count). The molecule has 1 fully saturated rings. The van der Waals surface area contributed by atoms with E-state index < -0.39 is 17.7 Å². The maximum atomic E-state index is 11.5. The number of hydrogen-bond donors (Lipinski definition) is 1. The molecule has 1 unspecified atom stereocenters. The summed E-state index contributed by atoms with van der Waals surface area (Å²) in [5.74, 6) is -0.887. The summed E-state index contributed by atoms with van der Waals surface area (Å²) >= 11 is 0. The average Bonchev–Trinajstić information content (AvgIpc) is 2.47. The minimum absolute atomic E-state index is 0.402. The van der Waals surface area contributed by atoms with E-state index in [4.69, 9.17) is 0 Å². The molecule has 78 valence electrons. The van der Waals surface area contributed by atoms with Gasteiger partial charge in [-0.1, -0.05) is 29.8 Å². The molecule has 1 N–H and O–H groups in total. The number of aryl methyl sites for hydroxylation is 1. The highest BCUT2D eigenvalue weighted by Gasteiger charge is 2.37. The van der Waals surface area contributed by atoms with Gasteiger partial charge in [0.1, 0.15) is 6.04 Å². The molecule has 0 spiro atoms. The molecule has 1 atom stereocenters. The van der Waals surface area contributed by atoms with Crippen molar-refractivity contribution in [2.24, 2.45) is 0 Å². The van der Waals surface area contributed by atoms with Crippen molar-refractivity contribution in [1.82, 2.24) is 10.4 Å². The van der Waals surface area contributed by atoms with Crippen LogP contribution in [0.4, 0.5) is 0 Å². The molecule has 1 heterocycles. The molecule has 1 aromatic carbocycles. The average molecular weight is 204 g/mol. The molecule has 0 bridgehead atoms. The van der Waals surface area contributed by atoms with Crippen molar-refractivity contribution in [3.63, 3.8) is 0 Å². The summed E-state index contributed by atoms with van der Waals surface area (Å²) in [5.41, 5.74) is 4.77. The summed E-state index contributed by atoms with van der Waals surface area (Å²) in [6.07, 6.45) is 0. The van der Waals surface area contributed by atoms with E-state index in [0.717, 1.165) is 11.1 Å². The van der Waals surface area contributed by atoms with Gasteiger partial charge in [-0.15, -0.1) is 0 Å². The van der Waals surface area contributed by atoms with Gasteiger partial charge >= 0.3 is 5.91 Å². The third-order valence-electron chi connectivity index (χ3n) is 2.51. The lowest BCUT2D eigenvalue weighted by molar-refractivity contribution is -0.140. The highest BCUT2D eigenvalue weighted by molar-refractivity contribution is 6.39. The van der Waals surface area contributed by atoms with E-state index in [1.165, 1.54) is 5.01 Å². The van der Waals surface area contributed by atoms with Crippen molar-refractivity contribution < 1.29 is 9.59 Å². The minimum atomic E-state index is -0.525. The number of ketones is 1. The van der Waals surface area contributed by atoms with Crippen LogP contribution in [0.5, 0.6) is 0 Å². The van der Waals surface area contributed by atoms with E-state index in [1.54, 1.807) is 7.05 Å². The van der Waals surface area contributed by atoms with Crippen LogP contribution in [-0.2, 0) is 9.59 Å². The van der Waals surface area contributed by atoms with Crippen LogP contribution in [0.3, 0.4) is 0 Å². The monoisotopic (exact) mass is 204 g/mol. The number of carbonyl (C=O) groups excluding carboxylic acids is 2. The smallest absolute Gasteiger partial charge is 0.286 e. The Labute approximate surface area is 87.9 Å². The molecule has 1 aromatic rings. The maximum Gasteiger partial charge on any atom is 0.305 e. The summed E-state index contributed by atoms with van der Waals surface area (Å²) in [5, 5.41) is 1.23. The van der Waals surface area contributed by atoms with Gasteiger partial charge in [-0.05, 0) is 12.5 Å². The Hall–Kier alpha value is -1.68. The summed E-state index contributed by atoms with van der Waals surface area (Å²) < 4.78 is 0. The van der Waals surface area contributed by atoms with E-state index in [-0.39, 0.29) is 0 Å². The van der Waals surface area contributed by atoms with Crippen molar-refractivity contribution in [2.45, 2.75) is 13.0 Å². The second-order valence-electron chi connectivity index (χ2n) is 3.70. The van der Waals surface area contributed by atoms with Gasteiger partial charge < -0.3 is 0 Å². The van der Waals surface area contributed by atoms with Crippen molar-refractivity contribution in [1.29, 1.82) is 0 Å². The first kappa shape index (κ1) is 9.86. The van der Waals surface area contributed by atoms with Crippen LogP contribution in [0.25, 0.3) is 0 Å². The zero-order valence-corrected chi connectivity index (χ0v) is 8.65. The summed E-state index contributed by atoms with van der Waals surface area (Å²) in [4.78, 5) is 22.8. The van der Waals surface area contributed by atoms with Gasteiger partial charge in [-0.3, -0.25) is 14.6 Å². The fourth-order valence-corrected chi connectivity index (χ4v) is 1.58. The second kappa shape index (κ2) is 3.47. The first-order valence-corrected chi connectivity index (χ1v) is 4.74. The summed E-state index contributed by atoms with van der Waals surface area (Å²) in [6, 6.07) is 7.04. The molecule has 1 saturated heterocycles. The number of amides is 1. The van der Waals surface area contributed by atoms with E-state index >= 15 is 0 Å². The van der Waals surface area contributed by atoms with Gasteiger partial charge in [-0.2, -0.15) is 0 Å². The lowest BCUT2D eigenvalue weighted by atomic mass is 10.0. The zero-order chi connectivity index (χ0) is 11.0. The van der Waals surface area contributed by atoms with Gasteiger partial charge in [0, 0.05) is 7.05 Å². The number of nitrogens with one attached hydrogen (secondary N) is 1. The standard InChI is InChI=1S/C11H12N2O2/c1-7-3-5-8(6-4-7)9-10(14)11(15)13(2)12-9/h3-6,9,12H,1-2H3. The second-order valence-corrected chi connectivity index (χ2v) is 3.70. The van der Waals surface area contributed by atoms with Crippen LogP contribution in [0.15, 0.2) is 24.3 Å². The third kappa shape index (κ3) is 1.64. The fourth-order valence-electron chi connectivity index (χ4n) is 1.58. The van der Waals surface area contributed by atoms with Crippen LogP contribution in [-0.4, -0.2) is 23.7 Å². The van der Waals surface area contributed by atoms with Crippen LogP contribution in [0.1, 0.15) is 17.2 Å². The van der Waals surface area contributed by atoms with E-state index in [1.807, 2.05) is 31.2 Å². The van der Waals surface area contributed by atoms with E-state index in [2.05, 4.69) is 5.43 Å². The predicted molar refractivity (Wildman–Crippen MR) is 54.8 cm³/mol. The highest BCUT2D eigenvalue weighted by Crippen LogP contribution is 2.20. The van der Waals surface area contributed by atoms with Gasteiger partial charge in [-0.25, -0.2) is 5.43 Å². The molecule has 0 aliphatic carbocycles. The van der Waals surface area contributed by atoms with Crippen molar-refractivity contribution >= 4 is 11.7 Å². The molecule has 0 radical (unpaired) electrons. The van der Waals surface area contributed by atoms with Crippen LogP contribution in [0, 0.1) is 6.92 Å². The Morgan fingerprint density at radius 1 is 1.20 bits per heavy atom. The molecule has 0 saturated carbocycles. The number of rotatable bonds is 1. The lowest BCUT2D eigenvalue weighted by Crippen LogP contribution is -2.30. The molecule has 4 nitrogen and oxygen atoms in total. The van der Waals surface area contributed by atoms with Crippen LogP contribution < -0.4 is 5.43 Å². The number of nitrogens with zero attached hydrogens (tertiary/aromatic N) is 1. The van der Waals surface area contributed by atoms with Crippen LogP contribution in [0.2, 0.25) is 0 Å². The molecule has 1 aliphatic rings. The number of hydrogen-bond acceptors (Lipinski definition) is 3. The normalized spacial score (nSPS) is 21.2. The number of likely N-dealkylation sites (N-methyl/N-ethyl adjacent to an activating group) is 1. The van der Waals surface area contributed by atoms with Gasteiger partial charge in [0.05, 0.1) is 0 Å². The molecule has 1 amide bonds. The number of Topliss-reactive ketones (excluding diaryl/α,β-unsaturated/α-hetero) is 1. The number of carbonyl (C=O) groups is 2. The van der Waals surface area contributed by atoms with Gasteiger partial charge in [0.15, 0.2) is 0 Å². The first-order chi connectivity index (χ1) is 7.09. The summed E-state index contributed by atoms with van der Waals surface area (Å²) in [6.45, 7) is 1.98. The van der Waals surface area contributed by atoms with Crippen LogP contribution >= 0.6 is 0 Å². The topological polar surface area (TPSA) is 49.4 Å². The molecular weight excluding hydrogens is 192 g/mol. The Morgan fingerprint density at radius 3 is 2.27 bits per heavy atom. The first-order valence-electron chi connectivity index (χ1n) is 4.74. The number of hydrazine groups is 1. The van der Waals surface area contributed by atoms with Gasteiger partial charge in [0.25, 0.3) is 0 Å². The fraction of sp³-hybridized carbons (Fsp3) is 0.273.